The van der Waals surface area contributed by atoms with Crippen LogP contribution in [0, 0.1) is 0 Å². The van der Waals surface area contributed by atoms with Crippen molar-refractivity contribution in [2.75, 3.05) is 13.3 Å². The summed E-state index contributed by atoms with van der Waals surface area (Å²) in [6, 6.07) is 0. The van der Waals surface area contributed by atoms with Crippen molar-refractivity contribution in [3.63, 3.8) is 0 Å². The van der Waals surface area contributed by atoms with Gasteiger partial charge in [0, 0.05) is 0 Å². The van der Waals surface area contributed by atoms with E-state index >= 15 is 0 Å². The summed E-state index contributed by atoms with van der Waals surface area (Å²) in [7, 11) is 0. The maximum absolute atomic E-state index is 10.8. The molecule has 1 N–H and O–H groups in total. The lowest BCUT2D eigenvalue weighted by Gasteiger charge is -1.75. The molecule has 0 amide bonds. The van der Waals surface area contributed by atoms with E-state index in [2.05, 4.69) is 0 Å². The fraction of sp³-hybridized carbons (Fsp3) is 0.500. The molecule has 0 bridgehead atoms. The van der Waals surface area contributed by atoms with Crippen molar-refractivity contribution in [2.24, 2.45) is 0 Å². The van der Waals surface area contributed by atoms with Gasteiger partial charge in [-0.05, 0) is 0 Å². The average Bonchev–Trinajstić information content (AvgIpc) is 1.88. The fourth-order valence-corrected chi connectivity index (χ4v) is 0.0357. The summed E-state index contributed by atoms with van der Waals surface area (Å²) in [5, 5.41) is 6.89. The van der Waals surface area contributed by atoms with Crippen molar-refractivity contribution in [1.29, 1.82) is 0 Å². The first-order valence-corrected chi connectivity index (χ1v) is 1.94. The molecule has 0 aromatic heterocycles. The predicted octanol–water partition coefficient (Wildman–Crippen LogP) is 0.195. The Morgan fingerprint density at radius 2 is 1.67 bits per heavy atom. The van der Waals surface area contributed by atoms with Crippen LogP contribution in [-0.2, 0) is 9.59 Å². The van der Waals surface area contributed by atoms with Crippen molar-refractivity contribution in [3.8, 4) is 0 Å². The first-order chi connectivity index (χ1) is 4.22. The molecule has 0 aliphatic heterocycles. The number of hydrogen-bond donors (Lipinski definition) is 1. The zero-order chi connectivity index (χ0) is 7.70. The Morgan fingerprint density at radius 1 is 1.44 bits per heavy atom. The van der Waals surface area contributed by atoms with Crippen molar-refractivity contribution in [2.45, 2.75) is 0 Å². The molecule has 5 heteroatoms. The van der Waals surface area contributed by atoms with Crippen LogP contribution in [0.3, 0.4) is 0 Å². The van der Waals surface area contributed by atoms with Gasteiger partial charge >= 0.3 is 0 Å². The summed E-state index contributed by atoms with van der Waals surface area (Å²) in [5.41, 5.74) is 0. The van der Waals surface area contributed by atoms with E-state index in [-0.39, 0.29) is 6.47 Å². The molecule has 0 rings (SSSR count). The van der Waals surface area contributed by atoms with Crippen molar-refractivity contribution in [1.82, 2.24) is 0 Å². The van der Waals surface area contributed by atoms with E-state index in [1.165, 1.54) is 0 Å². The number of carboxylic acid groups (broad SMARTS) is 1. The van der Waals surface area contributed by atoms with Gasteiger partial charge in [-0.25, -0.2) is 8.78 Å². The van der Waals surface area contributed by atoms with Crippen LogP contribution >= 0.6 is 0 Å². The van der Waals surface area contributed by atoms with Crippen LogP contribution in [0.1, 0.15) is 0 Å². The van der Waals surface area contributed by atoms with Gasteiger partial charge in [0.05, 0.1) is 0 Å². The van der Waals surface area contributed by atoms with Gasteiger partial charge in [0.1, 0.15) is 0 Å². The highest BCUT2D eigenvalue weighted by Crippen LogP contribution is 1.72. The second-order valence-electron chi connectivity index (χ2n) is 0.911. The molecule has 0 aromatic rings. The second-order valence-corrected chi connectivity index (χ2v) is 0.911. The molecular formula is C4H6F2O3. The van der Waals surface area contributed by atoms with Crippen LogP contribution in [0.4, 0.5) is 8.78 Å². The molecule has 54 valence electrons. The summed E-state index contributed by atoms with van der Waals surface area (Å²) >= 11 is 0. The van der Waals surface area contributed by atoms with Gasteiger partial charge in [0.15, 0.2) is 19.1 Å². The SMILES string of the molecule is O=C(CF)CF.O=CO. The minimum absolute atomic E-state index is 0.250. The molecule has 0 fully saturated rings. The molecule has 0 heterocycles. The first kappa shape index (κ1) is 10.9. The number of rotatable bonds is 2. The molecule has 0 aliphatic rings. The van der Waals surface area contributed by atoms with Crippen LogP contribution in [0.2, 0.25) is 0 Å². The maximum Gasteiger partial charge on any atom is 0.290 e. The molecule has 0 unspecified atom stereocenters. The van der Waals surface area contributed by atoms with Crippen LogP contribution in [-0.4, -0.2) is 30.7 Å². The van der Waals surface area contributed by atoms with Gasteiger partial charge in [-0.15, -0.1) is 0 Å². The molecule has 0 saturated carbocycles. The molecule has 0 aliphatic carbocycles. The molecule has 0 atom stereocenters. The fourth-order valence-electron chi connectivity index (χ4n) is 0.0357. The van der Waals surface area contributed by atoms with E-state index < -0.39 is 19.1 Å². The van der Waals surface area contributed by atoms with Crippen LogP contribution in [0.25, 0.3) is 0 Å². The zero-order valence-electron chi connectivity index (χ0n) is 4.51. The molecule has 3 nitrogen and oxygen atoms in total. The van der Waals surface area contributed by atoms with Gasteiger partial charge < -0.3 is 5.11 Å². The Labute approximate surface area is 50.3 Å². The third-order valence-corrected chi connectivity index (χ3v) is 0.298. The van der Waals surface area contributed by atoms with E-state index in [0.717, 1.165) is 0 Å². The monoisotopic (exact) mass is 140 g/mol. The van der Waals surface area contributed by atoms with Gasteiger partial charge in [-0.2, -0.15) is 0 Å². The van der Waals surface area contributed by atoms with Crippen LogP contribution in [0.15, 0.2) is 0 Å². The molecule has 0 spiro atoms. The molecule has 0 radical (unpaired) electrons. The van der Waals surface area contributed by atoms with E-state index in [0.29, 0.717) is 0 Å². The predicted molar refractivity (Wildman–Crippen MR) is 25.6 cm³/mol. The Bertz CT molecular complexity index is 77.9. The van der Waals surface area contributed by atoms with E-state index in [4.69, 9.17) is 9.90 Å². The number of halogens is 2. The number of hydrogen-bond acceptors (Lipinski definition) is 2. The number of Topliss-reactive ketones (excluding diaryl/α,β-unsaturated/α-hetero) is 1. The normalized spacial score (nSPS) is 6.89. The Balaban J connectivity index is 0. The van der Waals surface area contributed by atoms with Gasteiger partial charge in [-0.3, -0.25) is 9.59 Å². The average molecular weight is 140 g/mol. The van der Waals surface area contributed by atoms with Crippen LogP contribution in [0.5, 0.6) is 0 Å². The summed E-state index contributed by atoms with van der Waals surface area (Å²) < 4.78 is 21.6. The van der Waals surface area contributed by atoms with Gasteiger partial charge in [0.2, 0.25) is 0 Å². The topological polar surface area (TPSA) is 54.4 Å². The standard InChI is InChI=1S/C3H4F2O.CH2O2/c4-1-3(6)2-5;2-1-3/h1-2H2;1H,(H,2,3). The van der Waals surface area contributed by atoms with Crippen LogP contribution < -0.4 is 0 Å². The maximum atomic E-state index is 10.8. The second kappa shape index (κ2) is 10.1. The Kier molecular flexibility index (Phi) is 12.2. The minimum atomic E-state index is -1.18. The number of carbonyl (C=O) groups excluding carboxylic acids is 1. The third-order valence-electron chi connectivity index (χ3n) is 0.298. The van der Waals surface area contributed by atoms with Gasteiger partial charge in [0.25, 0.3) is 6.47 Å². The lowest BCUT2D eigenvalue weighted by Crippen LogP contribution is -2.00. The van der Waals surface area contributed by atoms with E-state index in [1.807, 2.05) is 0 Å². The number of ketones is 1. The first-order valence-electron chi connectivity index (χ1n) is 1.94. The lowest BCUT2D eigenvalue weighted by molar-refractivity contribution is -0.123. The molecule has 9 heavy (non-hydrogen) atoms. The lowest BCUT2D eigenvalue weighted by atomic mass is 10.5. The minimum Gasteiger partial charge on any atom is -0.483 e. The largest absolute Gasteiger partial charge is 0.483 e. The van der Waals surface area contributed by atoms with E-state index in [1.54, 1.807) is 0 Å². The molecular weight excluding hydrogens is 134 g/mol. The Morgan fingerprint density at radius 3 is 1.67 bits per heavy atom. The highest BCUT2D eigenvalue weighted by atomic mass is 19.1. The molecule has 0 saturated heterocycles. The molecule has 0 aromatic carbocycles. The number of alkyl halides is 2. The highest BCUT2D eigenvalue weighted by molar-refractivity contribution is 5.80. The quantitative estimate of drug-likeness (QED) is 0.557. The van der Waals surface area contributed by atoms with Crippen molar-refractivity contribution < 1.29 is 23.5 Å². The van der Waals surface area contributed by atoms with Crippen molar-refractivity contribution in [3.05, 3.63) is 0 Å². The smallest absolute Gasteiger partial charge is 0.290 e. The van der Waals surface area contributed by atoms with E-state index in [9.17, 15) is 13.6 Å². The third kappa shape index (κ3) is 19.4. The summed E-state index contributed by atoms with van der Waals surface area (Å²) in [5.74, 6) is -0.991. The number of carbonyl (C=O) groups is 2. The highest BCUT2D eigenvalue weighted by Gasteiger charge is 1.93. The Hall–Kier alpha value is -1.00. The summed E-state index contributed by atoms with van der Waals surface area (Å²) in [6.45, 7) is -2.62. The summed E-state index contributed by atoms with van der Waals surface area (Å²) in [4.78, 5) is 17.8. The summed E-state index contributed by atoms with van der Waals surface area (Å²) in [6.07, 6.45) is 0. The van der Waals surface area contributed by atoms with Crippen molar-refractivity contribution >= 4 is 12.3 Å². The zero-order valence-corrected chi connectivity index (χ0v) is 4.51. The van der Waals surface area contributed by atoms with Gasteiger partial charge in [-0.1, -0.05) is 0 Å².